The molecule has 4 heteroatoms. The molecular weight excluding hydrogens is 254 g/mol. The van der Waals surface area contributed by atoms with Crippen LogP contribution in [0.4, 0.5) is 0 Å². The average molecular weight is 265 g/mol. The van der Waals surface area contributed by atoms with Crippen molar-refractivity contribution in [2.45, 2.75) is 0 Å². The molecule has 0 unspecified atom stereocenters. The minimum atomic E-state index is -1.07. The van der Waals surface area contributed by atoms with E-state index in [1.54, 1.807) is 0 Å². The van der Waals surface area contributed by atoms with Crippen molar-refractivity contribution in [3.8, 4) is 11.1 Å². The third-order valence-electron chi connectivity index (χ3n) is 3.23. The van der Waals surface area contributed by atoms with Crippen LogP contribution >= 0.6 is 0 Å². The number of hydrogen-bond acceptors (Lipinski definition) is 2. The summed E-state index contributed by atoms with van der Waals surface area (Å²) in [7, 11) is 0. The Labute approximate surface area is 114 Å². The number of aromatic amines is 1. The lowest BCUT2D eigenvalue weighted by Crippen LogP contribution is -2.11. The number of pyridine rings is 1. The van der Waals surface area contributed by atoms with Gasteiger partial charge < -0.3 is 10.1 Å². The Hall–Kier alpha value is -2.88. The van der Waals surface area contributed by atoms with Crippen molar-refractivity contribution in [1.29, 1.82) is 0 Å². The lowest BCUT2D eigenvalue weighted by Gasteiger charge is -2.06. The van der Waals surface area contributed by atoms with Crippen LogP contribution in [0.15, 0.2) is 59.5 Å². The predicted molar refractivity (Wildman–Crippen MR) is 77.0 cm³/mol. The normalized spacial score (nSPS) is 10.6. The van der Waals surface area contributed by atoms with Crippen LogP contribution in [-0.4, -0.2) is 16.1 Å². The van der Waals surface area contributed by atoms with Crippen LogP contribution in [-0.2, 0) is 0 Å². The van der Waals surface area contributed by atoms with E-state index in [1.807, 2.05) is 42.5 Å². The Balaban J connectivity index is 2.33. The number of nitrogens with one attached hydrogen (secondary N) is 1. The molecule has 0 aliphatic rings. The van der Waals surface area contributed by atoms with Crippen molar-refractivity contribution >= 4 is 16.7 Å². The third-order valence-corrected chi connectivity index (χ3v) is 3.23. The molecule has 1 aromatic heterocycles. The Bertz CT molecular complexity index is 859. The van der Waals surface area contributed by atoms with E-state index in [0.29, 0.717) is 5.56 Å². The highest BCUT2D eigenvalue weighted by atomic mass is 16.4. The predicted octanol–water partition coefficient (Wildman–Crippen LogP) is 2.89. The van der Waals surface area contributed by atoms with E-state index in [4.69, 9.17) is 5.11 Å². The van der Waals surface area contributed by atoms with Gasteiger partial charge in [0.15, 0.2) is 0 Å². The summed E-state index contributed by atoms with van der Waals surface area (Å²) in [6, 6.07) is 14.7. The molecule has 2 N–H and O–H groups in total. The van der Waals surface area contributed by atoms with Crippen molar-refractivity contribution < 1.29 is 9.90 Å². The Morgan fingerprint density at radius 2 is 1.75 bits per heavy atom. The van der Waals surface area contributed by atoms with Crippen molar-refractivity contribution in [3.63, 3.8) is 0 Å². The fraction of sp³-hybridized carbons (Fsp3) is 0. The van der Waals surface area contributed by atoms with Gasteiger partial charge >= 0.3 is 5.97 Å². The molecule has 0 saturated heterocycles. The zero-order chi connectivity index (χ0) is 14.1. The van der Waals surface area contributed by atoms with E-state index < -0.39 is 5.97 Å². The number of benzene rings is 2. The number of aromatic nitrogens is 1. The Morgan fingerprint density at radius 1 is 1.00 bits per heavy atom. The first-order valence-electron chi connectivity index (χ1n) is 6.11. The molecule has 98 valence electrons. The molecule has 0 bridgehead atoms. The van der Waals surface area contributed by atoms with Crippen molar-refractivity contribution in [2.75, 3.05) is 0 Å². The molecule has 3 rings (SSSR count). The summed E-state index contributed by atoms with van der Waals surface area (Å²) in [5.41, 5.74) is 0.855. The highest BCUT2D eigenvalue weighted by molar-refractivity contribution is 5.97. The van der Waals surface area contributed by atoms with Crippen LogP contribution in [0.2, 0.25) is 0 Å². The number of carbonyl (C=O) groups is 1. The Kier molecular flexibility index (Phi) is 2.84. The zero-order valence-corrected chi connectivity index (χ0v) is 10.5. The zero-order valence-electron chi connectivity index (χ0n) is 10.5. The third kappa shape index (κ3) is 1.97. The highest BCUT2D eigenvalue weighted by Gasteiger charge is 2.11. The summed E-state index contributed by atoms with van der Waals surface area (Å²) in [6.45, 7) is 0. The molecule has 3 aromatic rings. The number of carboxylic acid groups (broad SMARTS) is 1. The number of fused-ring (bicyclic) bond motifs is 1. The Morgan fingerprint density at radius 3 is 2.55 bits per heavy atom. The van der Waals surface area contributed by atoms with Gasteiger partial charge in [0.2, 0.25) is 0 Å². The van der Waals surface area contributed by atoms with Crippen molar-refractivity contribution in [1.82, 2.24) is 4.98 Å². The summed E-state index contributed by atoms with van der Waals surface area (Å²) in [6.07, 6.45) is 1.21. The van der Waals surface area contributed by atoms with E-state index in [-0.39, 0.29) is 11.1 Å². The first kappa shape index (κ1) is 12.2. The maximum Gasteiger partial charge on any atom is 0.337 e. The van der Waals surface area contributed by atoms with Crippen molar-refractivity contribution in [2.24, 2.45) is 0 Å². The molecule has 1 heterocycles. The second-order valence-electron chi connectivity index (χ2n) is 4.46. The first-order valence-corrected chi connectivity index (χ1v) is 6.11. The smallest absolute Gasteiger partial charge is 0.337 e. The van der Waals surface area contributed by atoms with Gasteiger partial charge in [0, 0.05) is 11.8 Å². The van der Waals surface area contributed by atoms with Gasteiger partial charge in [-0.15, -0.1) is 0 Å². The van der Waals surface area contributed by atoms with E-state index in [9.17, 15) is 9.59 Å². The summed E-state index contributed by atoms with van der Waals surface area (Å²) in [5, 5.41) is 11.0. The number of aromatic carboxylic acids is 1. The number of carboxylic acids is 1. The summed E-state index contributed by atoms with van der Waals surface area (Å²) in [4.78, 5) is 25.5. The molecule has 0 fully saturated rings. The molecule has 4 nitrogen and oxygen atoms in total. The van der Waals surface area contributed by atoms with Gasteiger partial charge in [-0.25, -0.2) is 4.79 Å². The van der Waals surface area contributed by atoms with Crippen LogP contribution in [0.5, 0.6) is 0 Å². The lowest BCUT2D eigenvalue weighted by atomic mass is 9.98. The number of H-pyrrole nitrogens is 1. The minimum absolute atomic E-state index is 0.0625. The monoisotopic (exact) mass is 265 g/mol. The minimum Gasteiger partial charge on any atom is -0.478 e. The maximum atomic E-state index is 12.0. The molecule has 0 radical (unpaired) electrons. The van der Waals surface area contributed by atoms with Crippen LogP contribution in [0.3, 0.4) is 0 Å². The van der Waals surface area contributed by atoms with Gasteiger partial charge in [0.1, 0.15) is 0 Å². The second kappa shape index (κ2) is 4.66. The molecular formula is C16H11NO3. The largest absolute Gasteiger partial charge is 0.478 e. The molecule has 0 spiro atoms. The van der Waals surface area contributed by atoms with Crippen LogP contribution in [0, 0.1) is 0 Å². The number of rotatable bonds is 2. The second-order valence-corrected chi connectivity index (χ2v) is 4.46. The van der Waals surface area contributed by atoms with Crippen molar-refractivity contribution in [3.05, 3.63) is 70.6 Å². The van der Waals surface area contributed by atoms with E-state index in [0.717, 1.165) is 16.3 Å². The summed E-state index contributed by atoms with van der Waals surface area (Å²) in [5.74, 6) is -1.07. The van der Waals surface area contributed by atoms with E-state index in [1.165, 1.54) is 12.3 Å². The topological polar surface area (TPSA) is 70.2 Å². The first-order chi connectivity index (χ1) is 9.66. The van der Waals surface area contributed by atoms with Gasteiger partial charge in [-0.05, 0) is 22.4 Å². The fourth-order valence-electron chi connectivity index (χ4n) is 2.27. The van der Waals surface area contributed by atoms with Gasteiger partial charge in [0.05, 0.1) is 5.56 Å². The van der Waals surface area contributed by atoms with Gasteiger partial charge in [-0.3, -0.25) is 4.79 Å². The standard InChI is InChI=1S/C16H11NO3/c18-15-14(8-11(9-17-15)16(19)20)13-7-3-5-10-4-1-2-6-12(10)13/h1-9H,(H,17,18)(H,19,20). The molecule has 0 aliphatic carbocycles. The summed E-state index contributed by atoms with van der Waals surface area (Å²) < 4.78 is 0. The maximum absolute atomic E-state index is 12.0. The van der Waals surface area contributed by atoms with E-state index in [2.05, 4.69) is 4.98 Å². The average Bonchev–Trinajstić information content (AvgIpc) is 2.47. The lowest BCUT2D eigenvalue weighted by molar-refractivity contribution is 0.0696. The van der Waals surface area contributed by atoms with Gasteiger partial charge in [-0.1, -0.05) is 42.5 Å². The summed E-state index contributed by atoms with van der Waals surface area (Å²) >= 11 is 0. The van der Waals surface area contributed by atoms with Gasteiger partial charge in [-0.2, -0.15) is 0 Å². The SMILES string of the molecule is O=C(O)c1c[nH]c(=O)c(-c2cccc3ccccc23)c1. The number of hydrogen-bond donors (Lipinski definition) is 2. The van der Waals surface area contributed by atoms with E-state index >= 15 is 0 Å². The fourth-order valence-corrected chi connectivity index (χ4v) is 2.27. The van der Waals surface area contributed by atoms with Gasteiger partial charge in [0.25, 0.3) is 5.56 Å². The van der Waals surface area contributed by atoms with Crippen LogP contribution in [0.25, 0.3) is 21.9 Å². The molecule has 0 amide bonds. The molecule has 0 saturated carbocycles. The molecule has 2 aromatic carbocycles. The molecule has 0 aliphatic heterocycles. The van der Waals surface area contributed by atoms with Crippen LogP contribution < -0.4 is 5.56 Å². The molecule has 0 atom stereocenters. The molecule has 20 heavy (non-hydrogen) atoms. The quantitative estimate of drug-likeness (QED) is 0.748. The highest BCUT2D eigenvalue weighted by Crippen LogP contribution is 2.26. The van der Waals surface area contributed by atoms with Crippen LogP contribution in [0.1, 0.15) is 10.4 Å².